The van der Waals surface area contributed by atoms with Gasteiger partial charge in [0, 0.05) is 5.69 Å². The van der Waals surface area contributed by atoms with Gasteiger partial charge in [0.05, 0.1) is 13.2 Å². The number of anilines is 1. The Morgan fingerprint density at radius 3 is 2.65 bits per heavy atom. The normalized spacial score (nSPS) is 20.1. The topological polar surface area (TPSA) is 58.6 Å². The molecule has 6 heteroatoms. The monoisotopic (exact) mass is 283 g/mol. The lowest BCUT2D eigenvalue weighted by Crippen LogP contribution is -2.59. The van der Waals surface area contributed by atoms with Crippen molar-refractivity contribution in [2.24, 2.45) is 0 Å². The number of ether oxygens (including phenoxy) is 1. The molecule has 1 heterocycles. The van der Waals surface area contributed by atoms with Gasteiger partial charge >= 0.3 is 5.92 Å². The lowest BCUT2D eigenvalue weighted by atomic mass is 9.75. The first-order chi connectivity index (χ1) is 9.42. The minimum atomic E-state index is -3.78. The van der Waals surface area contributed by atoms with Crippen LogP contribution >= 0.6 is 0 Å². The van der Waals surface area contributed by atoms with E-state index in [4.69, 9.17) is 4.74 Å². The van der Waals surface area contributed by atoms with Crippen molar-refractivity contribution in [3.05, 3.63) is 29.3 Å². The maximum Gasteiger partial charge on any atom is 0.352 e. The summed E-state index contributed by atoms with van der Waals surface area (Å²) in [6.07, 6.45) is 0.409. The van der Waals surface area contributed by atoms with Crippen LogP contribution < -0.4 is 5.32 Å². The first kappa shape index (κ1) is 13.5. The zero-order valence-corrected chi connectivity index (χ0v) is 10.8. The number of aliphatic hydroxyl groups is 1. The first-order valence-corrected chi connectivity index (χ1v) is 6.54. The van der Waals surface area contributed by atoms with Crippen molar-refractivity contribution in [2.75, 3.05) is 5.32 Å². The molecule has 1 fully saturated rings. The Kier molecular flexibility index (Phi) is 3.02. The summed E-state index contributed by atoms with van der Waals surface area (Å²) in [5.41, 5.74) is -0.0283. The lowest BCUT2D eigenvalue weighted by molar-refractivity contribution is -0.212. The summed E-state index contributed by atoms with van der Waals surface area (Å²) in [6.45, 7) is 0.916. The number of fused-ring (bicyclic) bond motifs is 1. The average molecular weight is 283 g/mol. The zero-order chi connectivity index (χ0) is 14.4. The van der Waals surface area contributed by atoms with E-state index in [1.165, 1.54) is 0 Å². The van der Waals surface area contributed by atoms with Gasteiger partial charge in [-0.05, 0) is 42.5 Å². The molecular weight excluding hydrogens is 268 g/mol. The number of benzene rings is 1. The van der Waals surface area contributed by atoms with E-state index in [0.717, 1.165) is 11.1 Å². The fourth-order valence-electron chi connectivity index (χ4n) is 2.50. The molecule has 1 aromatic rings. The maximum atomic E-state index is 13.9. The summed E-state index contributed by atoms with van der Waals surface area (Å²) in [6, 6.07) is 4.93. The molecule has 108 valence electrons. The summed E-state index contributed by atoms with van der Waals surface area (Å²) in [4.78, 5) is 11.7. The van der Waals surface area contributed by atoms with E-state index in [-0.39, 0.29) is 12.8 Å². The molecule has 1 aliphatic carbocycles. The number of nitrogens with one attached hydrogen (secondary N) is 1. The summed E-state index contributed by atoms with van der Waals surface area (Å²) in [5.74, 6) is -5.24. The number of hydrogen-bond donors (Lipinski definition) is 2. The molecular formula is C14H15F2NO3. The van der Waals surface area contributed by atoms with Gasteiger partial charge in [-0.25, -0.2) is 0 Å². The molecule has 20 heavy (non-hydrogen) atoms. The average Bonchev–Trinajstić information content (AvgIpc) is 2.83. The van der Waals surface area contributed by atoms with Crippen LogP contribution in [0.1, 0.15) is 30.4 Å². The molecule has 1 aliphatic heterocycles. The van der Waals surface area contributed by atoms with E-state index in [1.807, 2.05) is 0 Å². The van der Waals surface area contributed by atoms with Crippen molar-refractivity contribution in [1.82, 2.24) is 0 Å². The predicted molar refractivity (Wildman–Crippen MR) is 67.3 cm³/mol. The molecule has 0 unspecified atom stereocenters. The molecule has 2 N–H and O–H groups in total. The molecule has 0 radical (unpaired) electrons. The van der Waals surface area contributed by atoms with E-state index in [1.54, 1.807) is 18.2 Å². The van der Waals surface area contributed by atoms with Crippen LogP contribution in [0.4, 0.5) is 14.5 Å². The fraction of sp³-hybridized carbons (Fsp3) is 0.500. The SMILES string of the molecule is O=C(Nc1ccc2c(c1)COC2)C(F)(F)C1(O)CCC1. The summed E-state index contributed by atoms with van der Waals surface area (Å²) >= 11 is 0. The van der Waals surface area contributed by atoms with Crippen LogP contribution in [-0.4, -0.2) is 22.5 Å². The van der Waals surface area contributed by atoms with Crippen LogP contribution in [0.2, 0.25) is 0 Å². The third-order valence-corrected chi connectivity index (χ3v) is 4.03. The van der Waals surface area contributed by atoms with Crippen LogP contribution in [0.15, 0.2) is 18.2 Å². The van der Waals surface area contributed by atoms with Gasteiger partial charge in [-0.1, -0.05) is 6.07 Å². The van der Waals surface area contributed by atoms with Gasteiger partial charge in [-0.3, -0.25) is 4.79 Å². The van der Waals surface area contributed by atoms with Crippen molar-refractivity contribution >= 4 is 11.6 Å². The van der Waals surface area contributed by atoms with Gasteiger partial charge in [0.25, 0.3) is 5.91 Å². The Balaban J connectivity index is 1.76. The number of alkyl halides is 2. The molecule has 1 aromatic carbocycles. The largest absolute Gasteiger partial charge is 0.383 e. The summed E-state index contributed by atoms with van der Waals surface area (Å²) < 4.78 is 33.1. The van der Waals surface area contributed by atoms with E-state index in [2.05, 4.69) is 5.32 Å². The third-order valence-electron chi connectivity index (χ3n) is 4.03. The second kappa shape index (κ2) is 4.49. The lowest BCUT2D eigenvalue weighted by Gasteiger charge is -2.41. The van der Waals surface area contributed by atoms with Crippen molar-refractivity contribution in [2.45, 2.75) is 44.0 Å². The minimum Gasteiger partial charge on any atom is -0.383 e. The Morgan fingerprint density at radius 2 is 2.00 bits per heavy atom. The number of hydrogen-bond acceptors (Lipinski definition) is 3. The van der Waals surface area contributed by atoms with Crippen molar-refractivity contribution in [3.63, 3.8) is 0 Å². The van der Waals surface area contributed by atoms with E-state index in [9.17, 15) is 18.7 Å². The molecule has 0 bridgehead atoms. The molecule has 2 aliphatic rings. The van der Waals surface area contributed by atoms with E-state index < -0.39 is 17.4 Å². The van der Waals surface area contributed by atoms with Crippen LogP contribution in [0.3, 0.4) is 0 Å². The molecule has 4 nitrogen and oxygen atoms in total. The minimum absolute atomic E-state index is 0.0502. The van der Waals surface area contributed by atoms with Gasteiger partial charge in [-0.2, -0.15) is 8.78 Å². The molecule has 1 saturated carbocycles. The van der Waals surface area contributed by atoms with Gasteiger partial charge < -0.3 is 15.2 Å². The number of halogens is 2. The summed E-state index contributed by atoms with van der Waals surface area (Å²) in [5, 5.41) is 11.9. The number of rotatable bonds is 3. The van der Waals surface area contributed by atoms with Crippen molar-refractivity contribution in [3.8, 4) is 0 Å². The van der Waals surface area contributed by atoms with Gasteiger partial charge in [0.1, 0.15) is 5.60 Å². The number of amides is 1. The highest BCUT2D eigenvalue weighted by atomic mass is 19.3. The van der Waals surface area contributed by atoms with E-state index >= 15 is 0 Å². The van der Waals surface area contributed by atoms with Crippen LogP contribution in [0.25, 0.3) is 0 Å². The summed E-state index contributed by atoms with van der Waals surface area (Å²) in [7, 11) is 0. The highest BCUT2D eigenvalue weighted by Gasteiger charge is 2.61. The van der Waals surface area contributed by atoms with Crippen molar-refractivity contribution < 1.29 is 23.4 Å². The van der Waals surface area contributed by atoms with Crippen LogP contribution in [0.5, 0.6) is 0 Å². The van der Waals surface area contributed by atoms with Gasteiger partial charge in [0.2, 0.25) is 0 Å². The molecule has 0 atom stereocenters. The predicted octanol–water partition coefficient (Wildman–Crippen LogP) is 2.21. The van der Waals surface area contributed by atoms with Crippen LogP contribution in [-0.2, 0) is 22.7 Å². The third kappa shape index (κ3) is 1.99. The Labute approximate surface area is 114 Å². The number of carbonyl (C=O) groups is 1. The van der Waals surface area contributed by atoms with Crippen LogP contribution in [0, 0.1) is 0 Å². The molecule has 0 spiro atoms. The second-order valence-electron chi connectivity index (χ2n) is 5.39. The Bertz CT molecular complexity index is 555. The molecule has 3 rings (SSSR count). The first-order valence-electron chi connectivity index (χ1n) is 6.54. The Morgan fingerprint density at radius 1 is 1.30 bits per heavy atom. The standard InChI is InChI=1S/C14H15F2NO3/c15-14(16,13(19)4-1-5-13)12(18)17-11-3-2-9-7-20-8-10(9)6-11/h2-3,6,19H,1,4-5,7-8H2,(H,17,18). The smallest absolute Gasteiger partial charge is 0.352 e. The maximum absolute atomic E-state index is 13.9. The molecule has 0 aromatic heterocycles. The van der Waals surface area contributed by atoms with E-state index in [0.29, 0.717) is 25.3 Å². The highest BCUT2D eigenvalue weighted by Crippen LogP contribution is 2.44. The van der Waals surface area contributed by atoms with Gasteiger partial charge in [0.15, 0.2) is 0 Å². The van der Waals surface area contributed by atoms with Crippen molar-refractivity contribution in [1.29, 1.82) is 0 Å². The highest BCUT2D eigenvalue weighted by molar-refractivity contribution is 5.97. The number of carbonyl (C=O) groups excluding carboxylic acids is 1. The Hall–Kier alpha value is -1.53. The fourth-order valence-corrected chi connectivity index (χ4v) is 2.50. The molecule has 1 amide bonds. The van der Waals surface area contributed by atoms with Gasteiger partial charge in [-0.15, -0.1) is 0 Å². The second-order valence-corrected chi connectivity index (χ2v) is 5.39. The quantitative estimate of drug-likeness (QED) is 0.894. The molecule has 0 saturated heterocycles. The zero-order valence-electron chi connectivity index (χ0n) is 10.8.